The molecule has 0 spiro atoms. The number of benzene rings is 2. The zero-order chi connectivity index (χ0) is 18.4. The number of carbonyl (C=O) groups excluding carboxylic acids is 1. The number of amides is 1. The van der Waals surface area contributed by atoms with E-state index in [1.54, 1.807) is 11.6 Å². The normalized spacial score (nSPS) is 12.5. The van der Waals surface area contributed by atoms with Gasteiger partial charge in [-0.2, -0.15) is 0 Å². The molecule has 1 unspecified atom stereocenters. The molecule has 0 saturated carbocycles. The maximum Gasteiger partial charge on any atom is 0.267 e. The minimum absolute atomic E-state index is 0.241. The highest BCUT2D eigenvalue weighted by molar-refractivity contribution is 5.91. The first-order valence-corrected chi connectivity index (χ1v) is 8.52. The molecule has 6 heteroatoms. The molecule has 1 atom stereocenters. The molecule has 3 rings (SSSR count). The molecule has 1 aromatic heterocycles. The first kappa shape index (κ1) is 17.8. The second-order valence-corrected chi connectivity index (χ2v) is 6.23. The van der Waals surface area contributed by atoms with E-state index >= 15 is 0 Å². The summed E-state index contributed by atoms with van der Waals surface area (Å²) >= 11 is 0. The standard InChI is InChI=1S/C20H22N4O2/c1-14(12-21-13-16-5-3-2-4-6-16)20-22-17-9-7-15(11-18(17)23-20)8-10-19(25)24-26/h2-11,14,21,26H,12-13H2,1H3,(H,22,23)(H,24,25)/b10-8+. The van der Waals surface area contributed by atoms with Crippen molar-refractivity contribution in [1.82, 2.24) is 20.8 Å². The van der Waals surface area contributed by atoms with Gasteiger partial charge in [-0.05, 0) is 29.3 Å². The lowest BCUT2D eigenvalue weighted by Crippen LogP contribution is -2.20. The highest BCUT2D eigenvalue weighted by Crippen LogP contribution is 2.19. The average molecular weight is 350 g/mol. The van der Waals surface area contributed by atoms with Crippen molar-refractivity contribution in [2.75, 3.05) is 6.54 Å². The van der Waals surface area contributed by atoms with Gasteiger partial charge in [0.15, 0.2) is 0 Å². The van der Waals surface area contributed by atoms with Gasteiger partial charge >= 0.3 is 0 Å². The number of H-pyrrole nitrogens is 1. The Morgan fingerprint density at radius 3 is 2.85 bits per heavy atom. The Kier molecular flexibility index (Phi) is 5.78. The summed E-state index contributed by atoms with van der Waals surface area (Å²) in [4.78, 5) is 19.1. The molecule has 0 bridgehead atoms. The molecule has 0 aliphatic rings. The lowest BCUT2D eigenvalue weighted by molar-refractivity contribution is -0.124. The topological polar surface area (TPSA) is 90.0 Å². The number of imidazole rings is 1. The van der Waals surface area contributed by atoms with Crippen molar-refractivity contribution in [3.63, 3.8) is 0 Å². The fourth-order valence-electron chi connectivity index (χ4n) is 2.71. The number of hydroxylamine groups is 1. The van der Waals surface area contributed by atoms with Crippen LogP contribution in [0.5, 0.6) is 0 Å². The van der Waals surface area contributed by atoms with Crippen LogP contribution in [0.1, 0.15) is 29.8 Å². The summed E-state index contributed by atoms with van der Waals surface area (Å²) in [6, 6.07) is 16.0. The predicted octanol–water partition coefficient (Wildman–Crippen LogP) is 2.97. The van der Waals surface area contributed by atoms with Crippen molar-refractivity contribution >= 4 is 23.0 Å². The van der Waals surface area contributed by atoms with E-state index in [2.05, 4.69) is 34.3 Å². The summed E-state index contributed by atoms with van der Waals surface area (Å²) in [5.74, 6) is 0.603. The molecule has 4 N–H and O–H groups in total. The largest absolute Gasteiger partial charge is 0.342 e. The molecule has 26 heavy (non-hydrogen) atoms. The van der Waals surface area contributed by atoms with Crippen molar-refractivity contribution in [2.45, 2.75) is 19.4 Å². The fourth-order valence-corrected chi connectivity index (χ4v) is 2.71. The maximum absolute atomic E-state index is 11.1. The van der Waals surface area contributed by atoms with Gasteiger partial charge in [-0.25, -0.2) is 10.5 Å². The second-order valence-electron chi connectivity index (χ2n) is 6.23. The first-order valence-electron chi connectivity index (χ1n) is 8.52. The second kappa shape index (κ2) is 8.42. The van der Waals surface area contributed by atoms with Crippen molar-refractivity contribution in [1.29, 1.82) is 0 Å². The fraction of sp³-hybridized carbons (Fsp3) is 0.200. The molecule has 0 fully saturated rings. The van der Waals surface area contributed by atoms with Crippen LogP contribution in [-0.2, 0) is 11.3 Å². The highest BCUT2D eigenvalue weighted by atomic mass is 16.5. The highest BCUT2D eigenvalue weighted by Gasteiger charge is 2.11. The average Bonchev–Trinajstić information content (AvgIpc) is 3.10. The van der Waals surface area contributed by atoms with E-state index in [-0.39, 0.29) is 5.92 Å². The van der Waals surface area contributed by atoms with Gasteiger partial charge in [0.1, 0.15) is 5.82 Å². The van der Waals surface area contributed by atoms with Crippen LogP contribution in [0.25, 0.3) is 17.1 Å². The van der Waals surface area contributed by atoms with Crippen LogP contribution in [0, 0.1) is 0 Å². The van der Waals surface area contributed by atoms with Gasteiger partial charge in [0.2, 0.25) is 0 Å². The van der Waals surface area contributed by atoms with Crippen molar-refractivity contribution in [3.8, 4) is 0 Å². The summed E-state index contributed by atoms with van der Waals surface area (Å²) in [5, 5.41) is 12.0. The molecular weight excluding hydrogens is 328 g/mol. The molecule has 134 valence electrons. The van der Waals surface area contributed by atoms with Crippen molar-refractivity contribution < 1.29 is 10.0 Å². The van der Waals surface area contributed by atoms with Crippen LogP contribution in [-0.4, -0.2) is 27.6 Å². The van der Waals surface area contributed by atoms with Gasteiger partial charge in [-0.15, -0.1) is 0 Å². The summed E-state index contributed by atoms with van der Waals surface area (Å²) in [6.07, 6.45) is 2.90. The molecule has 0 aliphatic carbocycles. The monoisotopic (exact) mass is 350 g/mol. The molecule has 1 heterocycles. The number of aromatic nitrogens is 2. The van der Waals surface area contributed by atoms with E-state index in [4.69, 9.17) is 5.21 Å². The summed E-state index contributed by atoms with van der Waals surface area (Å²) in [6.45, 7) is 3.77. The third-order valence-electron chi connectivity index (χ3n) is 4.15. The number of rotatable bonds is 7. The zero-order valence-electron chi connectivity index (χ0n) is 14.6. The van der Waals surface area contributed by atoms with E-state index in [0.29, 0.717) is 0 Å². The Labute approximate surface area is 151 Å². The minimum atomic E-state index is -0.564. The van der Waals surface area contributed by atoms with E-state index in [1.807, 2.05) is 36.4 Å². The van der Waals surface area contributed by atoms with Crippen LogP contribution < -0.4 is 10.8 Å². The Balaban J connectivity index is 1.64. The number of fused-ring (bicyclic) bond motifs is 1. The number of aromatic amines is 1. The van der Waals surface area contributed by atoms with Gasteiger partial charge < -0.3 is 10.3 Å². The molecule has 0 aliphatic heterocycles. The lowest BCUT2D eigenvalue weighted by atomic mass is 10.1. The van der Waals surface area contributed by atoms with E-state index in [1.165, 1.54) is 11.6 Å². The number of carbonyl (C=O) groups is 1. The third kappa shape index (κ3) is 4.56. The lowest BCUT2D eigenvalue weighted by Gasteiger charge is -2.10. The minimum Gasteiger partial charge on any atom is -0.342 e. The smallest absolute Gasteiger partial charge is 0.267 e. The Morgan fingerprint density at radius 1 is 1.27 bits per heavy atom. The van der Waals surface area contributed by atoms with Crippen molar-refractivity contribution in [2.24, 2.45) is 0 Å². The van der Waals surface area contributed by atoms with Crippen LogP contribution in [0.4, 0.5) is 0 Å². The summed E-state index contributed by atoms with van der Waals surface area (Å²) < 4.78 is 0. The van der Waals surface area contributed by atoms with Gasteiger partial charge in [0.25, 0.3) is 5.91 Å². The molecule has 0 saturated heterocycles. The summed E-state index contributed by atoms with van der Waals surface area (Å²) in [7, 11) is 0. The molecule has 2 aromatic carbocycles. The van der Waals surface area contributed by atoms with Gasteiger partial charge in [0.05, 0.1) is 11.0 Å². The van der Waals surface area contributed by atoms with E-state index < -0.39 is 5.91 Å². The third-order valence-corrected chi connectivity index (χ3v) is 4.15. The Hall–Kier alpha value is -2.96. The maximum atomic E-state index is 11.1. The van der Waals surface area contributed by atoms with Crippen LogP contribution in [0.3, 0.4) is 0 Å². The number of hydrogen-bond acceptors (Lipinski definition) is 4. The van der Waals surface area contributed by atoms with E-state index in [0.717, 1.165) is 35.5 Å². The number of hydrogen-bond donors (Lipinski definition) is 4. The Bertz CT molecular complexity index is 903. The molecule has 6 nitrogen and oxygen atoms in total. The van der Waals surface area contributed by atoms with Gasteiger partial charge in [-0.3, -0.25) is 10.0 Å². The summed E-state index contributed by atoms with van der Waals surface area (Å²) in [5.41, 5.74) is 5.47. The predicted molar refractivity (Wildman–Crippen MR) is 102 cm³/mol. The zero-order valence-corrected chi connectivity index (χ0v) is 14.6. The number of nitrogens with zero attached hydrogens (tertiary/aromatic N) is 1. The number of nitrogens with one attached hydrogen (secondary N) is 3. The van der Waals surface area contributed by atoms with Crippen LogP contribution in [0.15, 0.2) is 54.6 Å². The van der Waals surface area contributed by atoms with Crippen molar-refractivity contribution in [3.05, 3.63) is 71.6 Å². The molecule has 3 aromatic rings. The van der Waals surface area contributed by atoms with Gasteiger partial charge in [0, 0.05) is 25.1 Å². The Morgan fingerprint density at radius 2 is 2.08 bits per heavy atom. The molecular formula is C20H22N4O2. The van der Waals surface area contributed by atoms with Crippen LogP contribution >= 0.6 is 0 Å². The first-order chi connectivity index (χ1) is 12.7. The molecule has 0 radical (unpaired) electrons. The molecule has 1 amide bonds. The SMILES string of the molecule is CC(CNCc1ccccc1)c1nc2cc(/C=C/C(=O)NO)ccc2[nH]1. The van der Waals surface area contributed by atoms with Crippen LogP contribution in [0.2, 0.25) is 0 Å². The van der Waals surface area contributed by atoms with Gasteiger partial charge in [-0.1, -0.05) is 43.3 Å². The quantitative estimate of drug-likeness (QED) is 0.300. The van der Waals surface area contributed by atoms with E-state index in [9.17, 15) is 4.79 Å².